The molecule has 158 valence electrons. The molecular weight excluding hydrogens is 410 g/mol. The summed E-state index contributed by atoms with van der Waals surface area (Å²) < 4.78 is 33.7. The first-order valence-electron chi connectivity index (χ1n) is 9.73. The summed E-state index contributed by atoms with van der Waals surface area (Å²) in [5, 5.41) is 0.679. The van der Waals surface area contributed by atoms with Gasteiger partial charge in [-0.2, -0.15) is 12.7 Å². The number of rotatable bonds is 8. The molecule has 1 atom stereocenters. The quantitative estimate of drug-likeness (QED) is 0.683. The van der Waals surface area contributed by atoms with Crippen molar-refractivity contribution in [2.24, 2.45) is 5.92 Å². The van der Waals surface area contributed by atoms with E-state index >= 15 is 0 Å². The van der Waals surface area contributed by atoms with Crippen molar-refractivity contribution < 1.29 is 13.2 Å². The molecule has 0 aliphatic carbocycles. The smallest absolute Gasteiger partial charge is 0.278 e. The zero-order valence-electron chi connectivity index (χ0n) is 16.8. The van der Waals surface area contributed by atoms with Crippen molar-refractivity contribution in [2.45, 2.75) is 19.4 Å². The van der Waals surface area contributed by atoms with Crippen molar-refractivity contribution in [1.82, 2.24) is 13.9 Å². The topological polar surface area (TPSA) is 61.9 Å². The second-order valence-electron chi connectivity index (χ2n) is 7.58. The molecule has 6 nitrogen and oxygen atoms in total. The number of halogens is 1. The number of nitrogens with zero attached hydrogens (tertiary/aromatic N) is 2. The minimum Gasteiger partial charge on any atom is -0.457 e. The Balaban J connectivity index is 1.56. The number of benzene rings is 2. The van der Waals surface area contributed by atoms with E-state index in [0.717, 1.165) is 44.0 Å². The molecule has 29 heavy (non-hydrogen) atoms. The highest BCUT2D eigenvalue weighted by molar-refractivity contribution is 7.87. The summed E-state index contributed by atoms with van der Waals surface area (Å²) >= 11 is 5.92. The number of hydrogen-bond donors (Lipinski definition) is 1. The fourth-order valence-corrected chi connectivity index (χ4v) is 4.25. The number of likely N-dealkylation sites (tertiary alicyclic amines) is 1. The normalized spacial score (nSPS) is 18.1. The number of piperidine rings is 1. The van der Waals surface area contributed by atoms with E-state index in [9.17, 15) is 8.42 Å². The molecule has 2 aromatic carbocycles. The van der Waals surface area contributed by atoms with E-state index in [1.807, 2.05) is 30.3 Å². The maximum atomic E-state index is 11.9. The minimum absolute atomic E-state index is 0.312. The largest absolute Gasteiger partial charge is 0.457 e. The first-order valence-corrected chi connectivity index (χ1v) is 11.6. The molecule has 3 rings (SSSR count). The van der Waals surface area contributed by atoms with Crippen molar-refractivity contribution in [2.75, 3.05) is 33.7 Å². The second kappa shape index (κ2) is 9.91. The first kappa shape index (κ1) is 22.1. The number of nitrogens with one attached hydrogen (secondary N) is 1. The maximum absolute atomic E-state index is 11.9. The molecule has 0 amide bonds. The summed E-state index contributed by atoms with van der Waals surface area (Å²) in [4.78, 5) is 2.37. The van der Waals surface area contributed by atoms with Crippen LogP contribution in [0.3, 0.4) is 0 Å². The molecule has 0 saturated carbocycles. The lowest BCUT2D eigenvalue weighted by molar-refractivity contribution is 0.168. The van der Waals surface area contributed by atoms with E-state index in [-0.39, 0.29) is 0 Å². The van der Waals surface area contributed by atoms with Crippen molar-refractivity contribution in [3.8, 4) is 11.5 Å². The molecule has 1 fully saturated rings. The Morgan fingerprint density at radius 1 is 1.17 bits per heavy atom. The van der Waals surface area contributed by atoms with Gasteiger partial charge in [0.1, 0.15) is 11.5 Å². The van der Waals surface area contributed by atoms with Crippen LogP contribution in [-0.2, 0) is 16.8 Å². The number of ether oxygens (including phenoxy) is 1. The monoisotopic (exact) mass is 437 g/mol. The standard InChI is InChI=1S/C21H28ClN3O3S/c1-24(2)29(26,27)23-14-18-6-4-12-25(16-18)15-17-5-3-7-21(13-17)28-20-10-8-19(22)9-11-20/h3,5,7-11,13,18,23H,4,6,12,14-16H2,1-2H3/t18-/m0/s1. The fraction of sp³-hybridized carbons (Fsp3) is 0.429. The molecule has 1 heterocycles. The van der Waals surface area contributed by atoms with Crippen molar-refractivity contribution in [1.29, 1.82) is 0 Å². The Hall–Kier alpha value is -1.64. The van der Waals surface area contributed by atoms with Crippen LogP contribution in [0.1, 0.15) is 18.4 Å². The third kappa shape index (κ3) is 6.69. The van der Waals surface area contributed by atoms with E-state index in [1.165, 1.54) is 24.0 Å². The van der Waals surface area contributed by atoms with Gasteiger partial charge in [0.25, 0.3) is 10.2 Å². The Bertz CT molecular complexity index is 904. The van der Waals surface area contributed by atoms with Gasteiger partial charge in [-0.15, -0.1) is 0 Å². The highest BCUT2D eigenvalue weighted by atomic mass is 35.5. The predicted molar refractivity (Wildman–Crippen MR) is 117 cm³/mol. The molecule has 0 unspecified atom stereocenters. The summed E-state index contributed by atoms with van der Waals surface area (Å²) in [5.74, 6) is 1.85. The van der Waals surface area contributed by atoms with Crippen LogP contribution >= 0.6 is 11.6 Å². The molecular formula is C21H28ClN3O3S. The molecule has 1 N–H and O–H groups in total. The predicted octanol–water partition coefficient (Wildman–Crippen LogP) is 3.74. The molecule has 8 heteroatoms. The van der Waals surface area contributed by atoms with Crippen LogP contribution in [0.25, 0.3) is 0 Å². The van der Waals surface area contributed by atoms with Gasteiger partial charge < -0.3 is 4.74 Å². The van der Waals surface area contributed by atoms with Crippen LogP contribution in [0.15, 0.2) is 48.5 Å². The van der Waals surface area contributed by atoms with E-state index in [1.54, 1.807) is 12.1 Å². The van der Waals surface area contributed by atoms with Crippen LogP contribution in [0.5, 0.6) is 11.5 Å². The molecule has 1 aliphatic rings. The molecule has 0 spiro atoms. The Morgan fingerprint density at radius 2 is 1.93 bits per heavy atom. The maximum Gasteiger partial charge on any atom is 0.278 e. The minimum atomic E-state index is -3.37. The SMILES string of the molecule is CN(C)S(=O)(=O)NC[C@@H]1CCCN(Cc2cccc(Oc3ccc(Cl)cc3)c2)C1. The van der Waals surface area contributed by atoms with E-state index in [0.29, 0.717) is 17.5 Å². The summed E-state index contributed by atoms with van der Waals surface area (Å²) in [7, 11) is -0.299. The lowest BCUT2D eigenvalue weighted by Gasteiger charge is -2.33. The highest BCUT2D eigenvalue weighted by Crippen LogP contribution is 2.25. The van der Waals surface area contributed by atoms with Gasteiger partial charge in [0.15, 0.2) is 0 Å². The number of hydrogen-bond acceptors (Lipinski definition) is 4. The van der Waals surface area contributed by atoms with E-state index in [4.69, 9.17) is 16.3 Å². The first-order chi connectivity index (χ1) is 13.8. The molecule has 0 bridgehead atoms. The molecule has 0 aromatic heterocycles. The lowest BCUT2D eigenvalue weighted by Crippen LogP contribution is -2.43. The van der Waals surface area contributed by atoms with Gasteiger partial charge in [-0.1, -0.05) is 23.7 Å². The van der Waals surface area contributed by atoms with Gasteiger partial charge in [0, 0.05) is 38.8 Å². The van der Waals surface area contributed by atoms with E-state index < -0.39 is 10.2 Å². The van der Waals surface area contributed by atoms with Crippen LogP contribution in [-0.4, -0.2) is 51.4 Å². The zero-order valence-corrected chi connectivity index (χ0v) is 18.4. The Labute approximate surface area is 178 Å². The third-order valence-electron chi connectivity index (χ3n) is 4.99. The van der Waals surface area contributed by atoms with Crippen LogP contribution < -0.4 is 9.46 Å². The molecule has 2 aromatic rings. The van der Waals surface area contributed by atoms with E-state index in [2.05, 4.69) is 15.7 Å². The van der Waals surface area contributed by atoms with Gasteiger partial charge in [0.05, 0.1) is 0 Å². The summed E-state index contributed by atoms with van der Waals surface area (Å²) in [6, 6.07) is 15.4. The average molecular weight is 438 g/mol. The van der Waals surface area contributed by atoms with Gasteiger partial charge >= 0.3 is 0 Å². The van der Waals surface area contributed by atoms with Gasteiger partial charge in [-0.05, 0) is 67.3 Å². The van der Waals surface area contributed by atoms with Crippen molar-refractivity contribution in [3.63, 3.8) is 0 Å². The van der Waals surface area contributed by atoms with Gasteiger partial charge in [0.2, 0.25) is 0 Å². The van der Waals surface area contributed by atoms with Crippen molar-refractivity contribution >= 4 is 21.8 Å². The van der Waals surface area contributed by atoms with Crippen LogP contribution in [0, 0.1) is 5.92 Å². The fourth-order valence-electron chi connectivity index (χ4n) is 3.42. The Kier molecular flexibility index (Phi) is 7.54. The van der Waals surface area contributed by atoms with Gasteiger partial charge in [-0.3, -0.25) is 4.90 Å². The molecule has 1 saturated heterocycles. The highest BCUT2D eigenvalue weighted by Gasteiger charge is 2.22. The van der Waals surface area contributed by atoms with Crippen LogP contribution in [0.2, 0.25) is 5.02 Å². The average Bonchev–Trinajstić information content (AvgIpc) is 2.69. The van der Waals surface area contributed by atoms with Crippen molar-refractivity contribution in [3.05, 3.63) is 59.1 Å². The van der Waals surface area contributed by atoms with Gasteiger partial charge in [-0.25, -0.2) is 4.72 Å². The lowest BCUT2D eigenvalue weighted by atomic mass is 9.98. The third-order valence-corrected chi connectivity index (χ3v) is 6.74. The van der Waals surface area contributed by atoms with Crippen LogP contribution in [0.4, 0.5) is 0 Å². The summed E-state index contributed by atoms with van der Waals surface area (Å²) in [5.41, 5.74) is 1.17. The zero-order chi connectivity index (χ0) is 20.9. The molecule has 0 radical (unpaired) electrons. The second-order valence-corrected chi connectivity index (χ2v) is 9.99. The molecule has 1 aliphatic heterocycles. The summed E-state index contributed by atoms with van der Waals surface area (Å²) in [6.07, 6.45) is 2.10. The summed E-state index contributed by atoms with van der Waals surface area (Å²) in [6.45, 7) is 3.17. The Morgan fingerprint density at radius 3 is 2.66 bits per heavy atom.